The second-order valence-electron chi connectivity index (χ2n) is 5.92. The Morgan fingerprint density at radius 2 is 2.00 bits per heavy atom. The molecule has 0 bridgehead atoms. The highest BCUT2D eigenvalue weighted by Crippen LogP contribution is 2.24. The first-order chi connectivity index (χ1) is 9.66. The lowest BCUT2D eigenvalue weighted by molar-refractivity contribution is 0.0268. The zero-order valence-electron chi connectivity index (χ0n) is 11.9. The van der Waals surface area contributed by atoms with Crippen LogP contribution in [-0.4, -0.2) is 35.1 Å². The van der Waals surface area contributed by atoms with E-state index >= 15 is 0 Å². The van der Waals surface area contributed by atoms with Gasteiger partial charge in [0.25, 0.3) is 5.91 Å². The maximum Gasteiger partial charge on any atom is 0.253 e. The molecular weight excluding hydrogens is 252 g/mol. The largest absolute Gasteiger partial charge is 0.391 e. The minimum atomic E-state index is -0.381. The molecule has 1 aliphatic heterocycles. The van der Waals surface area contributed by atoms with Gasteiger partial charge in [-0.25, -0.2) is 0 Å². The van der Waals surface area contributed by atoms with Crippen molar-refractivity contribution >= 4 is 5.91 Å². The molecular formula is C16H22N2O2. The first-order valence-corrected chi connectivity index (χ1v) is 7.44. The number of likely N-dealkylation sites (N-methyl/N-ethyl adjacent to an activating group) is 1. The van der Waals surface area contributed by atoms with E-state index in [0.29, 0.717) is 0 Å². The van der Waals surface area contributed by atoms with Crippen molar-refractivity contribution < 1.29 is 9.90 Å². The number of benzene rings is 1. The molecule has 0 spiro atoms. The van der Waals surface area contributed by atoms with Crippen LogP contribution in [0.2, 0.25) is 0 Å². The normalized spacial score (nSPS) is 25.3. The molecule has 1 aromatic rings. The van der Waals surface area contributed by atoms with Crippen molar-refractivity contribution in [3.8, 4) is 0 Å². The number of fused-ring (bicyclic) bond motifs is 1. The Labute approximate surface area is 119 Å². The number of hydrogen-bond donors (Lipinski definition) is 2. The number of hydrogen-bond acceptors (Lipinski definition) is 3. The summed E-state index contributed by atoms with van der Waals surface area (Å²) in [6.07, 6.45) is 3.47. The van der Waals surface area contributed by atoms with Crippen LogP contribution in [0.15, 0.2) is 18.2 Å². The molecule has 1 saturated carbocycles. The zero-order valence-corrected chi connectivity index (χ0v) is 11.9. The fourth-order valence-corrected chi connectivity index (χ4v) is 3.33. The molecule has 2 atom stereocenters. The molecule has 108 valence electrons. The molecule has 2 aliphatic rings. The maximum absolute atomic E-state index is 12.6. The number of aliphatic hydroxyl groups is 1. The predicted molar refractivity (Wildman–Crippen MR) is 77.3 cm³/mol. The molecule has 1 heterocycles. The Kier molecular flexibility index (Phi) is 3.76. The molecule has 1 aliphatic carbocycles. The summed E-state index contributed by atoms with van der Waals surface area (Å²) in [4.78, 5) is 14.3. The highest BCUT2D eigenvalue weighted by atomic mass is 16.3. The van der Waals surface area contributed by atoms with E-state index in [4.69, 9.17) is 0 Å². The van der Waals surface area contributed by atoms with E-state index in [1.165, 1.54) is 11.1 Å². The molecule has 4 nitrogen and oxygen atoms in total. The van der Waals surface area contributed by atoms with Crippen LogP contribution in [-0.2, 0) is 13.1 Å². The van der Waals surface area contributed by atoms with Gasteiger partial charge in [0.05, 0.1) is 12.1 Å². The monoisotopic (exact) mass is 274 g/mol. The second-order valence-corrected chi connectivity index (χ2v) is 5.92. The third-order valence-corrected chi connectivity index (χ3v) is 4.60. The molecule has 1 amide bonds. The molecule has 20 heavy (non-hydrogen) atoms. The van der Waals surface area contributed by atoms with Crippen LogP contribution in [0.3, 0.4) is 0 Å². The van der Waals surface area contributed by atoms with Crippen LogP contribution in [0, 0.1) is 0 Å². The van der Waals surface area contributed by atoms with Gasteiger partial charge in [0.1, 0.15) is 0 Å². The van der Waals surface area contributed by atoms with Gasteiger partial charge in [-0.2, -0.15) is 0 Å². The van der Waals surface area contributed by atoms with Gasteiger partial charge in [-0.3, -0.25) is 4.79 Å². The Hall–Kier alpha value is -1.39. The van der Waals surface area contributed by atoms with Crippen LogP contribution < -0.4 is 5.32 Å². The number of nitrogens with one attached hydrogen (secondary N) is 1. The van der Waals surface area contributed by atoms with E-state index in [0.717, 1.165) is 44.3 Å². The molecule has 4 heteroatoms. The molecule has 0 aromatic heterocycles. The lowest BCUT2D eigenvalue weighted by Crippen LogP contribution is -2.46. The van der Waals surface area contributed by atoms with Crippen molar-refractivity contribution in [1.29, 1.82) is 0 Å². The van der Waals surface area contributed by atoms with Gasteiger partial charge < -0.3 is 15.3 Å². The minimum absolute atomic E-state index is 0.0191. The number of carbonyl (C=O) groups excluding carboxylic acids is 1. The molecule has 2 N–H and O–H groups in total. The summed E-state index contributed by atoms with van der Waals surface area (Å²) >= 11 is 0. The van der Waals surface area contributed by atoms with Crippen molar-refractivity contribution in [3.05, 3.63) is 34.9 Å². The number of aliphatic hydroxyl groups excluding tert-OH is 1. The summed E-state index contributed by atoms with van der Waals surface area (Å²) in [5, 5.41) is 13.4. The van der Waals surface area contributed by atoms with Gasteiger partial charge in [0, 0.05) is 25.7 Å². The van der Waals surface area contributed by atoms with Gasteiger partial charge in [-0.05, 0) is 36.1 Å². The predicted octanol–water partition coefficient (Wildman–Crippen LogP) is 1.67. The van der Waals surface area contributed by atoms with Crippen LogP contribution in [0.5, 0.6) is 0 Å². The number of nitrogens with zero attached hydrogens (tertiary/aromatic N) is 1. The Morgan fingerprint density at radius 1 is 1.25 bits per heavy atom. The third kappa shape index (κ3) is 2.45. The molecule has 1 aromatic carbocycles. The maximum atomic E-state index is 12.6. The third-order valence-electron chi connectivity index (χ3n) is 4.60. The van der Waals surface area contributed by atoms with E-state index in [1.807, 2.05) is 25.2 Å². The lowest BCUT2D eigenvalue weighted by atomic mass is 9.91. The highest BCUT2D eigenvalue weighted by Gasteiger charge is 2.30. The first kappa shape index (κ1) is 13.6. The quantitative estimate of drug-likeness (QED) is 0.862. The van der Waals surface area contributed by atoms with E-state index in [-0.39, 0.29) is 18.1 Å². The van der Waals surface area contributed by atoms with E-state index in [2.05, 4.69) is 5.32 Å². The minimum Gasteiger partial charge on any atom is -0.391 e. The van der Waals surface area contributed by atoms with Gasteiger partial charge >= 0.3 is 0 Å². The fraction of sp³-hybridized carbons (Fsp3) is 0.562. The van der Waals surface area contributed by atoms with Gasteiger partial charge in [-0.1, -0.05) is 18.9 Å². The summed E-state index contributed by atoms with van der Waals surface area (Å²) in [6, 6.07) is 5.89. The molecule has 0 saturated heterocycles. The number of rotatable bonds is 2. The van der Waals surface area contributed by atoms with E-state index in [9.17, 15) is 9.90 Å². The summed E-state index contributed by atoms with van der Waals surface area (Å²) in [5.74, 6) is 0.0191. The zero-order chi connectivity index (χ0) is 14.1. The topological polar surface area (TPSA) is 52.6 Å². The van der Waals surface area contributed by atoms with Crippen LogP contribution in [0.25, 0.3) is 0 Å². The highest BCUT2D eigenvalue weighted by molar-refractivity contribution is 5.94. The Balaban J connectivity index is 1.77. The Bertz CT molecular complexity index is 515. The van der Waals surface area contributed by atoms with Gasteiger partial charge in [-0.15, -0.1) is 0 Å². The lowest BCUT2D eigenvalue weighted by Gasteiger charge is -2.35. The molecule has 1 fully saturated rings. The van der Waals surface area contributed by atoms with Crippen LogP contribution >= 0.6 is 0 Å². The average Bonchev–Trinajstić information content (AvgIpc) is 2.93. The van der Waals surface area contributed by atoms with Crippen LogP contribution in [0.1, 0.15) is 47.2 Å². The summed E-state index contributed by atoms with van der Waals surface area (Å²) in [6.45, 7) is 1.73. The van der Waals surface area contributed by atoms with Gasteiger partial charge in [0.15, 0.2) is 0 Å². The number of amides is 1. The SMILES string of the molecule is CN(C(=O)c1ccc2c(c1)CNC2)C1CCCCC1O. The molecule has 2 unspecified atom stereocenters. The molecule has 0 radical (unpaired) electrons. The standard InChI is InChI=1S/C16H22N2O2/c1-18(14-4-2-3-5-15(14)19)16(20)11-6-7-12-9-17-10-13(12)8-11/h6-8,14-15,17,19H,2-5,9-10H2,1H3. The van der Waals surface area contributed by atoms with Crippen molar-refractivity contribution in [2.75, 3.05) is 7.05 Å². The van der Waals surface area contributed by atoms with Crippen molar-refractivity contribution in [2.24, 2.45) is 0 Å². The van der Waals surface area contributed by atoms with Crippen molar-refractivity contribution in [3.63, 3.8) is 0 Å². The second kappa shape index (κ2) is 5.54. The smallest absolute Gasteiger partial charge is 0.253 e. The number of carbonyl (C=O) groups is 1. The van der Waals surface area contributed by atoms with Crippen LogP contribution in [0.4, 0.5) is 0 Å². The summed E-state index contributed by atoms with van der Waals surface area (Å²) in [7, 11) is 1.81. The van der Waals surface area contributed by atoms with Gasteiger partial charge in [0.2, 0.25) is 0 Å². The first-order valence-electron chi connectivity index (χ1n) is 7.44. The average molecular weight is 274 g/mol. The fourth-order valence-electron chi connectivity index (χ4n) is 3.33. The Morgan fingerprint density at radius 3 is 2.80 bits per heavy atom. The van der Waals surface area contributed by atoms with Crippen molar-refractivity contribution in [2.45, 2.75) is 50.9 Å². The van der Waals surface area contributed by atoms with Crippen molar-refractivity contribution in [1.82, 2.24) is 10.2 Å². The summed E-state index contributed by atoms with van der Waals surface area (Å²) < 4.78 is 0. The van der Waals surface area contributed by atoms with E-state index in [1.54, 1.807) is 4.90 Å². The molecule has 3 rings (SSSR count). The van der Waals surface area contributed by atoms with E-state index < -0.39 is 0 Å². The summed E-state index contributed by atoms with van der Waals surface area (Å²) in [5.41, 5.74) is 3.23.